The van der Waals surface area contributed by atoms with E-state index in [0.29, 0.717) is 18.1 Å². The fourth-order valence-electron chi connectivity index (χ4n) is 1.99. The molecule has 1 saturated heterocycles. The van der Waals surface area contributed by atoms with Gasteiger partial charge in [-0.3, -0.25) is 4.79 Å². The molecule has 0 saturated carbocycles. The lowest BCUT2D eigenvalue weighted by atomic mass is 10.1. The van der Waals surface area contributed by atoms with Crippen molar-refractivity contribution in [2.24, 2.45) is 5.92 Å². The molecule has 112 valence electrons. The minimum atomic E-state index is -3.30. The Hall–Kier alpha value is -0.960. The van der Waals surface area contributed by atoms with Gasteiger partial charge in [0.15, 0.2) is 0 Å². The van der Waals surface area contributed by atoms with Crippen molar-refractivity contribution in [1.29, 1.82) is 0 Å². The van der Waals surface area contributed by atoms with Gasteiger partial charge >= 0.3 is 0 Å². The summed E-state index contributed by atoms with van der Waals surface area (Å²) in [5, 5.41) is 4.68. The first-order valence-electron chi connectivity index (χ1n) is 6.22. The van der Waals surface area contributed by atoms with Crippen LogP contribution in [-0.2, 0) is 14.8 Å². The molecule has 2 heterocycles. The Morgan fingerprint density at radius 1 is 1.50 bits per heavy atom. The van der Waals surface area contributed by atoms with Crippen LogP contribution in [0.25, 0.3) is 0 Å². The number of carbonyl (C=O) groups excluding carboxylic acids is 1. The van der Waals surface area contributed by atoms with Gasteiger partial charge in [0.05, 0.1) is 29.9 Å². The Morgan fingerprint density at radius 2 is 2.25 bits per heavy atom. The molecule has 20 heavy (non-hydrogen) atoms. The molecule has 0 spiro atoms. The van der Waals surface area contributed by atoms with Crippen LogP contribution in [0.1, 0.15) is 9.67 Å². The van der Waals surface area contributed by atoms with Crippen molar-refractivity contribution < 1.29 is 17.9 Å². The lowest BCUT2D eigenvalue weighted by Crippen LogP contribution is -2.43. The Bertz CT molecular complexity index is 554. The summed E-state index contributed by atoms with van der Waals surface area (Å²) < 4.78 is 30.3. The van der Waals surface area contributed by atoms with Crippen LogP contribution in [-0.4, -0.2) is 57.7 Å². The van der Waals surface area contributed by atoms with Gasteiger partial charge in [0, 0.05) is 20.0 Å². The van der Waals surface area contributed by atoms with E-state index in [1.807, 2.05) is 5.38 Å². The second kappa shape index (κ2) is 6.21. The number of ether oxygens (including phenoxy) is 1. The summed E-state index contributed by atoms with van der Waals surface area (Å²) in [5.41, 5.74) is 0. The first-order valence-corrected chi connectivity index (χ1v) is 8.71. The van der Waals surface area contributed by atoms with E-state index in [2.05, 4.69) is 5.32 Å². The predicted molar refractivity (Wildman–Crippen MR) is 77.4 cm³/mol. The van der Waals surface area contributed by atoms with Gasteiger partial charge in [0.1, 0.15) is 0 Å². The maximum atomic E-state index is 12.0. The van der Waals surface area contributed by atoms with Gasteiger partial charge in [-0.1, -0.05) is 6.07 Å². The quantitative estimate of drug-likeness (QED) is 0.852. The van der Waals surface area contributed by atoms with E-state index in [0.717, 1.165) is 0 Å². The fourth-order valence-corrected chi connectivity index (χ4v) is 3.78. The molecule has 1 aromatic rings. The third-order valence-corrected chi connectivity index (χ3v) is 6.07. The van der Waals surface area contributed by atoms with Crippen molar-refractivity contribution >= 4 is 27.3 Å². The summed E-state index contributed by atoms with van der Waals surface area (Å²) in [5.74, 6) is -0.413. The molecule has 0 unspecified atom stereocenters. The standard InChI is InChI=1S/C12H18N2O4S2/c1-14(2)20(16,17)8-9-6-18-7-10(9)13-12(15)11-4-3-5-19-11/h3-5,9-10H,6-8H2,1-2H3,(H,13,15)/t9-,10+/m0/s1. The Labute approximate surface area is 122 Å². The van der Waals surface area contributed by atoms with Gasteiger partial charge in [0.25, 0.3) is 5.91 Å². The minimum Gasteiger partial charge on any atom is -0.379 e. The summed E-state index contributed by atoms with van der Waals surface area (Å²) >= 11 is 1.35. The van der Waals surface area contributed by atoms with E-state index < -0.39 is 10.0 Å². The number of rotatable bonds is 5. The molecule has 1 aliphatic heterocycles. The number of amides is 1. The van der Waals surface area contributed by atoms with Gasteiger partial charge in [0.2, 0.25) is 10.0 Å². The maximum Gasteiger partial charge on any atom is 0.261 e. The van der Waals surface area contributed by atoms with Crippen molar-refractivity contribution in [3.8, 4) is 0 Å². The summed E-state index contributed by atoms with van der Waals surface area (Å²) in [6.45, 7) is 0.702. The van der Waals surface area contributed by atoms with E-state index in [-0.39, 0.29) is 23.6 Å². The van der Waals surface area contributed by atoms with Gasteiger partial charge in [-0.25, -0.2) is 12.7 Å². The Kier molecular flexibility index (Phi) is 4.79. The van der Waals surface area contributed by atoms with E-state index in [1.54, 1.807) is 12.1 Å². The van der Waals surface area contributed by atoms with Gasteiger partial charge < -0.3 is 10.1 Å². The van der Waals surface area contributed by atoms with Crippen molar-refractivity contribution in [1.82, 2.24) is 9.62 Å². The van der Waals surface area contributed by atoms with E-state index in [4.69, 9.17) is 4.74 Å². The molecule has 0 aliphatic carbocycles. The number of hydrogen-bond acceptors (Lipinski definition) is 5. The summed E-state index contributed by atoms with van der Waals surface area (Å²) in [6.07, 6.45) is 0. The number of thiophene rings is 1. The summed E-state index contributed by atoms with van der Waals surface area (Å²) in [6, 6.07) is 3.28. The molecule has 2 atom stereocenters. The molecule has 1 fully saturated rings. The van der Waals surface area contributed by atoms with Crippen LogP contribution in [0.2, 0.25) is 0 Å². The van der Waals surface area contributed by atoms with E-state index in [1.165, 1.54) is 29.7 Å². The van der Waals surface area contributed by atoms with Crippen LogP contribution in [0.4, 0.5) is 0 Å². The zero-order chi connectivity index (χ0) is 14.8. The van der Waals surface area contributed by atoms with Gasteiger partial charge in [-0.2, -0.15) is 0 Å². The van der Waals surface area contributed by atoms with Crippen LogP contribution < -0.4 is 5.32 Å². The highest BCUT2D eigenvalue weighted by atomic mass is 32.2. The third kappa shape index (κ3) is 3.57. The van der Waals surface area contributed by atoms with Gasteiger partial charge in [-0.15, -0.1) is 11.3 Å². The highest BCUT2D eigenvalue weighted by Crippen LogP contribution is 2.18. The molecule has 8 heteroatoms. The first-order chi connectivity index (χ1) is 9.40. The average Bonchev–Trinajstić information content (AvgIpc) is 3.00. The third-order valence-electron chi connectivity index (χ3n) is 3.24. The molecule has 0 bridgehead atoms. The van der Waals surface area contributed by atoms with E-state index >= 15 is 0 Å². The number of nitrogens with zero attached hydrogens (tertiary/aromatic N) is 1. The van der Waals surface area contributed by atoms with Crippen LogP contribution >= 0.6 is 11.3 Å². The summed E-state index contributed by atoms with van der Waals surface area (Å²) in [7, 11) is -0.291. The molecule has 1 amide bonds. The second-order valence-electron chi connectivity index (χ2n) is 4.92. The highest BCUT2D eigenvalue weighted by molar-refractivity contribution is 7.89. The monoisotopic (exact) mass is 318 g/mol. The zero-order valence-electron chi connectivity index (χ0n) is 11.4. The average molecular weight is 318 g/mol. The molecule has 6 nitrogen and oxygen atoms in total. The van der Waals surface area contributed by atoms with Crippen LogP contribution in [0.15, 0.2) is 17.5 Å². The van der Waals surface area contributed by atoms with Gasteiger partial charge in [-0.05, 0) is 11.4 Å². The molecule has 0 radical (unpaired) electrons. The number of nitrogens with one attached hydrogen (secondary N) is 1. The highest BCUT2D eigenvalue weighted by Gasteiger charge is 2.34. The predicted octanol–water partition coefficient (Wildman–Crippen LogP) is 0.384. The molecular formula is C12H18N2O4S2. The van der Waals surface area contributed by atoms with Crippen LogP contribution in [0, 0.1) is 5.92 Å². The largest absolute Gasteiger partial charge is 0.379 e. The maximum absolute atomic E-state index is 12.0. The normalized spacial score (nSPS) is 23.1. The topological polar surface area (TPSA) is 75.7 Å². The molecule has 1 aromatic heterocycles. The smallest absolute Gasteiger partial charge is 0.261 e. The molecule has 2 rings (SSSR count). The number of hydrogen-bond donors (Lipinski definition) is 1. The first kappa shape index (κ1) is 15.4. The number of sulfonamides is 1. The van der Waals surface area contributed by atoms with Crippen molar-refractivity contribution in [3.05, 3.63) is 22.4 Å². The van der Waals surface area contributed by atoms with Crippen molar-refractivity contribution in [2.75, 3.05) is 33.1 Å². The zero-order valence-corrected chi connectivity index (χ0v) is 13.0. The molecule has 1 N–H and O–H groups in total. The molecule has 0 aromatic carbocycles. The SMILES string of the molecule is CN(C)S(=O)(=O)C[C@@H]1COC[C@H]1NC(=O)c1cccs1. The lowest BCUT2D eigenvalue weighted by molar-refractivity contribution is 0.0930. The Morgan fingerprint density at radius 3 is 2.85 bits per heavy atom. The van der Waals surface area contributed by atoms with Crippen molar-refractivity contribution in [2.45, 2.75) is 6.04 Å². The number of carbonyl (C=O) groups is 1. The lowest BCUT2D eigenvalue weighted by Gasteiger charge is -2.20. The molecule has 1 aliphatic rings. The van der Waals surface area contributed by atoms with Crippen molar-refractivity contribution in [3.63, 3.8) is 0 Å². The fraction of sp³-hybridized carbons (Fsp3) is 0.583. The Balaban J connectivity index is 1.99. The molecular weight excluding hydrogens is 300 g/mol. The second-order valence-corrected chi connectivity index (χ2v) is 8.09. The van der Waals surface area contributed by atoms with E-state index in [9.17, 15) is 13.2 Å². The van der Waals surface area contributed by atoms with Crippen LogP contribution in [0.3, 0.4) is 0 Å². The van der Waals surface area contributed by atoms with Crippen LogP contribution in [0.5, 0.6) is 0 Å². The summed E-state index contributed by atoms with van der Waals surface area (Å²) in [4.78, 5) is 12.6. The minimum absolute atomic E-state index is 0.0185.